The molecule has 5 nitrogen and oxygen atoms in total. The van der Waals surface area contributed by atoms with Gasteiger partial charge in [-0.15, -0.1) is 0 Å². The minimum atomic E-state index is -1.31. The van der Waals surface area contributed by atoms with Gasteiger partial charge < -0.3 is 15.6 Å². The molecule has 3 N–H and O–H groups in total. The number of carbonyl (C=O) groups is 1. The van der Waals surface area contributed by atoms with Crippen molar-refractivity contribution in [2.45, 2.75) is 18.1 Å². The number of hydrogen-bond donors (Lipinski definition) is 2. The van der Waals surface area contributed by atoms with Gasteiger partial charge in [0.25, 0.3) is 5.91 Å². The highest BCUT2D eigenvalue weighted by Gasteiger charge is 2.42. The van der Waals surface area contributed by atoms with Crippen molar-refractivity contribution in [3.63, 3.8) is 0 Å². The van der Waals surface area contributed by atoms with Gasteiger partial charge in [0.05, 0.1) is 12.7 Å². The quantitative estimate of drug-likeness (QED) is 0.515. The van der Waals surface area contributed by atoms with Gasteiger partial charge in [0, 0.05) is 19.6 Å². The van der Waals surface area contributed by atoms with Gasteiger partial charge in [0.2, 0.25) is 0 Å². The maximum absolute atomic E-state index is 10.9. The van der Waals surface area contributed by atoms with Crippen LogP contribution in [0.4, 0.5) is 0 Å². The third-order valence-electron chi connectivity index (χ3n) is 2.65. The summed E-state index contributed by atoms with van der Waals surface area (Å²) in [5, 5.41) is 9.72. The number of carbonyl (C=O) groups excluding carboxylic acids is 1. The van der Waals surface area contributed by atoms with Crippen LogP contribution in [0.2, 0.25) is 0 Å². The summed E-state index contributed by atoms with van der Waals surface area (Å²) >= 11 is 0. The van der Waals surface area contributed by atoms with E-state index in [1.807, 2.05) is 4.90 Å². The highest BCUT2D eigenvalue weighted by Crippen LogP contribution is 2.23. The molecule has 1 amide bonds. The summed E-state index contributed by atoms with van der Waals surface area (Å²) in [6, 6.07) is 0. The van der Waals surface area contributed by atoms with Crippen LogP contribution in [0.3, 0.4) is 0 Å². The van der Waals surface area contributed by atoms with E-state index in [-0.39, 0.29) is 0 Å². The van der Waals surface area contributed by atoms with Crippen LogP contribution in [0.25, 0.3) is 0 Å². The molecular formula is C8H14N2O3. The predicted molar refractivity (Wildman–Crippen MR) is 44.9 cm³/mol. The minimum Gasteiger partial charge on any atom is -0.379 e. The van der Waals surface area contributed by atoms with Crippen molar-refractivity contribution in [2.75, 3.05) is 26.2 Å². The van der Waals surface area contributed by atoms with Gasteiger partial charge >= 0.3 is 0 Å². The number of aliphatic hydroxyl groups is 1. The van der Waals surface area contributed by atoms with Gasteiger partial charge in [-0.2, -0.15) is 0 Å². The van der Waals surface area contributed by atoms with Crippen molar-refractivity contribution < 1.29 is 14.6 Å². The molecule has 2 atom stereocenters. The number of nitrogens with zero attached hydrogens (tertiary/aromatic N) is 1. The lowest BCUT2D eigenvalue weighted by atomic mass is 10.0. The molecule has 2 rings (SSSR count). The van der Waals surface area contributed by atoms with E-state index in [0.717, 1.165) is 19.7 Å². The summed E-state index contributed by atoms with van der Waals surface area (Å²) in [5.74, 6) is -0.619. The van der Waals surface area contributed by atoms with Crippen molar-refractivity contribution in [1.29, 1.82) is 0 Å². The Morgan fingerprint density at radius 1 is 1.77 bits per heavy atom. The van der Waals surface area contributed by atoms with Crippen molar-refractivity contribution in [2.24, 2.45) is 5.73 Å². The molecule has 0 aromatic rings. The zero-order valence-corrected chi connectivity index (χ0v) is 7.40. The monoisotopic (exact) mass is 186 g/mol. The van der Waals surface area contributed by atoms with Crippen LogP contribution >= 0.6 is 0 Å². The fourth-order valence-corrected chi connectivity index (χ4v) is 1.69. The van der Waals surface area contributed by atoms with E-state index in [2.05, 4.69) is 0 Å². The molecule has 2 saturated heterocycles. The molecule has 2 aliphatic heterocycles. The number of primary amides is 1. The molecule has 13 heavy (non-hydrogen) atoms. The van der Waals surface area contributed by atoms with Crippen LogP contribution < -0.4 is 5.73 Å². The first-order valence-electron chi connectivity index (χ1n) is 4.46. The number of ether oxygens (including phenoxy) is 1. The second-order valence-electron chi connectivity index (χ2n) is 3.84. The number of hydrogen-bond acceptors (Lipinski definition) is 4. The second-order valence-corrected chi connectivity index (χ2v) is 3.84. The van der Waals surface area contributed by atoms with Crippen LogP contribution in [-0.2, 0) is 9.53 Å². The van der Waals surface area contributed by atoms with E-state index >= 15 is 0 Å². The molecule has 0 aliphatic carbocycles. The van der Waals surface area contributed by atoms with Gasteiger partial charge in [-0.25, -0.2) is 0 Å². The molecule has 0 aromatic heterocycles. The number of likely N-dealkylation sites (tertiary alicyclic amines) is 1. The van der Waals surface area contributed by atoms with E-state index in [0.29, 0.717) is 19.1 Å². The molecule has 0 saturated carbocycles. The number of rotatable bonds is 3. The number of epoxide rings is 1. The topological polar surface area (TPSA) is 79.1 Å². The minimum absolute atomic E-state index is 0.301. The third kappa shape index (κ3) is 1.82. The average molecular weight is 186 g/mol. The van der Waals surface area contributed by atoms with E-state index in [1.165, 1.54) is 0 Å². The van der Waals surface area contributed by atoms with Crippen molar-refractivity contribution in [1.82, 2.24) is 4.90 Å². The fourth-order valence-electron chi connectivity index (χ4n) is 1.69. The Labute approximate surface area is 76.5 Å². The van der Waals surface area contributed by atoms with Crippen LogP contribution in [-0.4, -0.2) is 53.9 Å². The van der Waals surface area contributed by atoms with E-state index in [1.54, 1.807) is 0 Å². The van der Waals surface area contributed by atoms with Crippen LogP contribution in [0.1, 0.15) is 6.42 Å². The number of amides is 1. The average Bonchev–Trinajstić information content (AvgIpc) is 2.76. The lowest BCUT2D eigenvalue weighted by Crippen LogP contribution is -2.46. The first kappa shape index (κ1) is 8.93. The summed E-state index contributed by atoms with van der Waals surface area (Å²) in [7, 11) is 0. The number of β-amino-alcohol motifs (C(OH)–C–C–N with tert-alkyl or cyclic N) is 1. The molecule has 0 spiro atoms. The smallest absolute Gasteiger partial charge is 0.250 e. The van der Waals surface area contributed by atoms with Crippen LogP contribution in [0.15, 0.2) is 0 Å². The van der Waals surface area contributed by atoms with Gasteiger partial charge in [0.1, 0.15) is 0 Å². The number of nitrogens with two attached hydrogens (primary N) is 1. The molecule has 74 valence electrons. The zero-order valence-electron chi connectivity index (χ0n) is 7.40. The highest BCUT2D eigenvalue weighted by atomic mass is 16.6. The summed E-state index contributed by atoms with van der Waals surface area (Å²) < 4.78 is 5.06. The second kappa shape index (κ2) is 2.94. The largest absolute Gasteiger partial charge is 0.379 e. The van der Waals surface area contributed by atoms with Crippen molar-refractivity contribution in [3.05, 3.63) is 0 Å². The van der Waals surface area contributed by atoms with E-state index in [9.17, 15) is 9.90 Å². The molecule has 2 heterocycles. The van der Waals surface area contributed by atoms with Crippen molar-refractivity contribution in [3.8, 4) is 0 Å². The zero-order chi connectivity index (χ0) is 9.47. The Morgan fingerprint density at radius 2 is 2.46 bits per heavy atom. The maximum Gasteiger partial charge on any atom is 0.250 e. The SMILES string of the molecule is NC(=O)C1(O)CCN(C[C@H]2CO2)C1. The summed E-state index contributed by atoms with van der Waals surface area (Å²) in [5.41, 5.74) is 3.78. The molecule has 1 unspecified atom stereocenters. The van der Waals surface area contributed by atoms with E-state index < -0.39 is 11.5 Å². The maximum atomic E-state index is 10.9. The fraction of sp³-hybridized carbons (Fsp3) is 0.875. The van der Waals surface area contributed by atoms with Crippen LogP contribution in [0.5, 0.6) is 0 Å². The Hall–Kier alpha value is -0.650. The van der Waals surface area contributed by atoms with Gasteiger partial charge in [-0.05, 0) is 6.42 Å². The van der Waals surface area contributed by atoms with Crippen molar-refractivity contribution >= 4 is 5.91 Å². The van der Waals surface area contributed by atoms with E-state index in [4.69, 9.17) is 10.5 Å². The molecule has 2 fully saturated rings. The Kier molecular flexibility index (Phi) is 2.02. The highest BCUT2D eigenvalue weighted by molar-refractivity contribution is 5.83. The first-order chi connectivity index (χ1) is 6.10. The Balaban J connectivity index is 1.88. The Bertz CT molecular complexity index is 229. The Morgan fingerprint density at radius 3 is 2.92 bits per heavy atom. The summed E-state index contributed by atoms with van der Waals surface area (Å²) in [4.78, 5) is 12.9. The molecule has 0 aromatic carbocycles. The third-order valence-corrected chi connectivity index (χ3v) is 2.65. The first-order valence-corrected chi connectivity index (χ1v) is 4.46. The standard InChI is InChI=1S/C8H14N2O3/c9-7(11)8(12)1-2-10(5-8)3-6-4-13-6/h6,12H,1-5H2,(H2,9,11)/t6-,8?/m0/s1. The molecular weight excluding hydrogens is 172 g/mol. The van der Waals surface area contributed by atoms with Gasteiger partial charge in [-0.3, -0.25) is 9.69 Å². The molecule has 0 radical (unpaired) electrons. The normalized spacial score (nSPS) is 39.3. The lowest BCUT2D eigenvalue weighted by Gasteiger charge is -2.19. The van der Waals surface area contributed by atoms with Gasteiger partial charge in [-0.1, -0.05) is 0 Å². The predicted octanol–water partition coefficient (Wildman–Crippen LogP) is -1.69. The lowest BCUT2D eigenvalue weighted by molar-refractivity contribution is -0.134. The summed E-state index contributed by atoms with van der Waals surface area (Å²) in [6.45, 7) is 2.67. The van der Waals surface area contributed by atoms with Gasteiger partial charge in [0.15, 0.2) is 5.60 Å². The molecule has 2 aliphatic rings. The summed E-state index contributed by atoms with van der Waals surface area (Å²) in [6.07, 6.45) is 0.741. The molecule has 0 bridgehead atoms. The van der Waals surface area contributed by atoms with Crippen LogP contribution in [0, 0.1) is 0 Å². The molecule has 5 heteroatoms.